The first-order chi connectivity index (χ1) is 12.2. The van der Waals surface area contributed by atoms with E-state index in [1.807, 2.05) is 41.4 Å². The van der Waals surface area contributed by atoms with Gasteiger partial charge in [-0.15, -0.1) is 0 Å². The van der Waals surface area contributed by atoms with E-state index in [1.165, 1.54) is 0 Å². The second-order valence-corrected chi connectivity index (χ2v) is 6.57. The molecule has 1 saturated heterocycles. The Kier molecular flexibility index (Phi) is 6.25. The van der Waals surface area contributed by atoms with Crippen LogP contribution < -0.4 is 10.2 Å². The third kappa shape index (κ3) is 5.18. The maximum absolute atomic E-state index is 12.3. The van der Waals surface area contributed by atoms with Gasteiger partial charge in [-0.1, -0.05) is 23.7 Å². The Morgan fingerprint density at radius 3 is 2.72 bits per heavy atom. The SMILES string of the molecule is O=C(CCNCc1cccnc1)N1CCN(c2cccc(Cl)c2)CC1. The molecule has 25 heavy (non-hydrogen) atoms. The molecule has 0 atom stereocenters. The van der Waals surface area contributed by atoms with Crippen LogP contribution >= 0.6 is 11.6 Å². The first-order valence-corrected chi connectivity index (χ1v) is 8.98. The minimum atomic E-state index is 0.212. The zero-order valence-corrected chi connectivity index (χ0v) is 15.0. The number of hydrogen-bond donors (Lipinski definition) is 1. The lowest BCUT2D eigenvalue weighted by Crippen LogP contribution is -2.49. The number of carbonyl (C=O) groups excluding carboxylic acids is 1. The molecule has 0 radical (unpaired) electrons. The van der Waals surface area contributed by atoms with E-state index in [2.05, 4.69) is 21.3 Å². The fourth-order valence-electron chi connectivity index (χ4n) is 2.98. The van der Waals surface area contributed by atoms with Crippen LogP contribution in [0.2, 0.25) is 5.02 Å². The molecule has 0 spiro atoms. The number of aromatic nitrogens is 1. The fourth-order valence-corrected chi connectivity index (χ4v) is 3.16. The first kappa shape index (κ1) is 17.7. The molecule has 2 aromatic rings. The lowest BCUT2D eigenvalue weighted by Gasteiger charge is -2.36. The number of pyridine rings is 1. The number of benzene rings is 1. The van der Waals surface area contributed by atoms with E-state index in [0.29, 0.717) is 13.0 Å². The summed E-state index contributed by atoms with van der Waals surface area (Å²) in [6, 6.07) is 11.8. The number of amides is 1. The van der Waals surface area contributed by atoms with E-state index >= 15 is 0 Å². The third-order valence-corrected chi connectivity index (χ3v) is 4.61. The van der Waals surface area contributed by atoms with Gasteiger partial charge >= 0.3 is 0 Å². The van der Waals surface area contributed by atoms with Crippen molar-refractivity contribution in [3.05, 3.63) is 59.4 Å². The van der Waals surface area contributed by atoms with Crippen molar-refractivity contribution in [3.8, 4) is 0 Å². The monoisotopic (exact) mass is 358 g/mol. The molecule has 0 saturated carbocycles. The third-order valence-electron chi connectivity index (χ3n) is 4.37. The van der Waals surface area contributed by atoms with E-state index in [-0.39, 0.29) is 5.91 Å². The molecule has 1 N–H and O–H groups in total. The summed E-state index contributed by atoms with van der Waals surface area (Å²) in [6.45, 7) is 4.62. The van der Waals surface area contributed by atoms with Gasteiger partial charge in [-0.2, -0.15) is 0 Å². The number of rotatable bonds is 6. The van der Waals surface area contributed by atoms with Gasteiger partial charge < -0.3 is 15.1 Å². The molecule has 0 bridgehead atoms. The lowest BCUT2D eigenvalue weighted by molar-refractivity contribution is -0.131. The quantitative estimate of drug-likeness (QED) is 0.806. The van der Waals surface area contributed by atoms with Crippen LogP contribution in [-0.2, 0) is 11.3 Å². The van der Waals surface area contributed by atoms with Gasteiger partial charge in [0, 0.05) is 68.8 Å². The normalized spacial score (nSPS) is 14.6. The van der Waals surface area contributed by atoms with Crippen LogP contribution in [0.1, 0.15) is 12.0 Å². The summed E-state index contributed by atoms with van der Waals surface area (Å²) in [5.74, 6) is 0.212. The fraction of sp³-hybridized carbons (Fsp3) is 0.368. The van der Waals surface area contributed by atoms with Gasteiger partial charge in [-0.25, -0.2) is 0 Å². The average Bonchev–Trinajstić information content (AvgIpc) is 2.66. The molecule has 1 aliphatic rings. The topological polar surface area (TPSA) is 48.5 Å². The summed E-state index contributed by atoms with van der Waals surface area (Å²) in [4.78, 5) is 20.6. The number of anilines is 1. The highest BCUT2D eigenvalue weighted by atomic mass is 35.5. The molecule has 6 heteroatoms. The summed E-state index contributed by atoms with van der Waals surface area (Å²) in [7, 11) is 0. The van der Waals surface area contributed by atoms with Crippen LogP contribution in [0.3, 0.4) is 0 Å². The minimum absolute atomic E-state index is 0.212. The van der Waals surface area contributed by atoms with Crippen molar-refractivity contribution < 1.29 is 4.79 Å². The van der Waals surface area contributed by atoms with E-state index < -0.39 is 0 Å². The Bertz CT molecular complexity index is 687. The molecule has 1 aromatic carbocycles. The highest BCUT2D eigenvalue weighted by molar-refractivity contribution is 6.30. The number of carbonyl (C=O) groups is 1. The molecule has 0 aliphatic carbocycles. The van der Waals surface area contributed by atoms with Crippen molar-refractivity contribution in [2.75, 3.05) is 37.6 Å². The summed E-state index contributed by atoms with van der Waals surface area (Å²) < 4.78 is 0. The molecular weight excluding hydrogens is 336 g/mol. The number of hydrogen-bond acceptors (Lipinski definition) is 4. The van der Waals surface area contributed by atoms with Gasteiger partial charge in [0.1, 0.15) is 0 Å². The maximum Gasteiger partial charge on any atom is 0.223 e. The molecule has 2 heterocycles. The molecule has 1 amide bonds. The molecule has 1 aromatic heterocycles. The van der Waals surface area contributed by atoms with Crippen LogP contribution in [0, 0.1) is 0 Å². The van der Waals surface area contributed by atoms with Crippen molar-refractivity contribution in [3.63, 3.8) is 0 Å². The van der Waals surface area contributed by atoms with E-state index in [9.17, 15) is 4.79 Å². The van der Waals surface area contributed by atoms with Crippen LogP contribution in [-0.4, -0.2) is 48.5 Å². The standard InChI is InChI=1S/C19H23ClN4O/c20-17-4-1-5-18(13-17)23-9-11-24(12-10-23)19(25)6-8-22-15-16-3-2-7-21-14-16/h1-5,7,13-14,22H,6,8-12,15H2. The second kappa shape index (κ2) is 8.83. The highest BCUT2D eigenvalue weighted by Gasteiger charge is 2.20. The van der Waals surface area contributed by atoms with Gasteiger partial charge in [0.25, 0.3) is 0 Å². The predicted molar refractivity (Wildman–Crippen MR) is 101 cm³/mol. The molecule has 1 fully saturated rings. The number of nitrogens with one attached hydrogen (secondary N) is 1. The van der Waals surface area contributed by atoms with Crippen molar-refractivity contribution in [2.24, 2.45) is 0 Å². The zero-order chi connectivity index (χ0) is 17.5. The van der Waals surface area contributed by atoms with Crippen LogP contribution in [0.15, 0.2) is 48.8 Å². The molecule has 5 nitrogen and oxygen atoms in total. The second-order valence-electron chi connectivity index (χ2n) is 6.14. The van der Waals surface area contributed by atoms with Gasteiger partial charge in [-0.05, 0) is 29.8 Å². The van der Waals surface area contributed by atoms with Crippen molar-refractivity contribution in [1.82, 2.24) is 15.2 Å². The summed E-state index contributed by atoms with van der Waals surface area (Å²) in [5, 5.41) is 4.05. The number of nitrogens with zero attached hydrogens (tertiary/aromatic N) is 3. The molecule has 132 valence electrons. The van der Waals surface area contributed by atoms with Gasteiger partial charge in [0.2, 0.25) is 5.91 Å². The van der Waals surface area contributed by atoms with Gasteiger partial charge in [-0.3, -0.25) is 9.78 Å². The molecule has 0 unspecified atom stereocenters. The Hall–Kier alpha value is -2.11. The Morgan fingerprint density at radius 1 is 1.16 bits per heavy atom. The van der Waals surface area contributed by atoms with Gasteiger partial charge in [0.05, 0.1) is 0 Å². The predicted octanol–water partition coefficient (Wildman–Crippen LogP) is 2.56. The first-order valence-electron chi connectivity index (χ1n) is 8.60. The van der Waals surface area contributed by atoms with Gasteiger partial charge in [0.15, 0.2) is 0 Å². The summed E-state index contributed by atoms with van der Waals surface area (Å²) >= 11 is 6.06. The summed E-state index contributed by atoms with van der Waals surface area (Å²) in [5.41, 5.74) is 2.25. The number of piperazine rings is 1. The summed E-state index contributed by atoms with van der Waals surface area (Å²) in [6.07, 6.45) is 4.12. The highest BCUT2D eigenvalue weighted by Crippen LogP contribution is 2.20. The van der Waals surface area contributed by atoms with Crippen LogP contribution in [0.4, 0.5) is 5.69 Å². The average molecular weight is 359 g/mol. The van der Waals surface area contributed by atoms with E-state index in [0.717, 1.165) is 49.0 Å². The van der Waals surface area contributed by atoms with Crippen LogP contribution in [0.5, 0.6) is 0 Å². The van der Waals surface area contributed by atoms with E-state index in [1.54, 1.807) is 6.20 Å². The maximum atomic E-state index is 12.3. The largest absolute Gasteiger partial charge is 0.368 e. The van der Waals surface area contributed by atoms with E-state index in [4.69, 9.17) is 11.6 Å². The lowest BCUT2D eigenvalue weighted by atomic mass is 10.2. The van der Waals surface area contributed by atoms with Crippen LogP contribution in [0.25, 0.3) is 0 Å². The molecular formula is C19H23ClN4O. The minimum Gasteiger partial charge on any atom is -0.368 e. The Labute approximate surface area is 153 Å². The van der Waals surface area contributed by atoms with Crippen molar-refractivity contribution >= 4 is 23.2 Å². The Balaban J connectivity index is 1.38. The molecule has 1 aliphatic heterocycles. The molecule has 3 rings (SSSR count). The zero-order valence-electron chi connectivity index (χ0n) is 14.2. The smallest absolute Gasteiger partial charge is 0.223 e. The Morgan fingerprint density at radius 2 is 2.00 bits per heavy atom. The number of halogens is 1. The van der Waals surface area contributed by atoms with Crippen molar-refractivity contribution in [1.29, 1.82) is 0 Å². The van der Waals surface area contributed by atoms with Crippen molar-refractivity contribution in [2.45, 2.75) is 13.0 Å².